The molecule has 0 aliphatic rings. The predicted molar refractivity (Wildman–Crippen MR) is 87.2 cm³/mol. The summed E-state index contributed by atoms with van der Waals surface area (Å²) in [5.74, 6) is 0.660. The van der Waals surface area contributed by atoms with E-state index in [0.717, 1.165) is 15.6 Å². The van der Waals surface area contributed by atoms with Gasteiger partial charge < -0.3 is 4.98 Å². The third kappa shape index (κ3) is 3.28. The van der Waals surface area contributed by atoms with Crippen molar-refractivity contribution in [1.82, 2.24) is 9.97 Å². The highest BCUT2D eigenvalue weighted by molar-refractivity contribution is 9.10. The summed E-state index contributed by atoms with van der Waals surface area (Å²) in [5.41, 5.74) is 2.59. The van der Waals surface area contributed by atoms with Crippen LogP contribution in [0.4, 0.5) is 0 Å². The number of hydrogen-bond acceptors (Lipinski definition) is 2. The Balaban J connectivity index is 1.99. The Labute approximate surface area is 130 Å². The summed E-state index contributed by atoms with van der Waals surface area (Å²) in [6.07, 6.45) is 0.581. The van der Waals surface area contributed by atoms with Crippen molar-refractivity contribution in [3.05, 3.63) is 86.9 Å². The van der Waals surface area contributed by atoms with E-state index in [9.17, 15) is 4.79 Å². The third-order valence-electron chi connectivity index (χ3n) is 3.18. The van der Waals surface area contributed by atoms with E-state index in [4.69, 9.17) is 0 Å². The Kier molecular flexibility index (Phi) is 3.97. The lowest BCUT2D eigenvalue weighted by atomic mass is 10.1. The van der Waals surface area contributed by atoms with Gasteiger partial charge in [0.05, 0.1) is 5.69 Å². The summed E-state index contributed by atoms with van der Waals surface area (Å²) in [7, 11) is 0. The number of nitrogens with zero attached hydrogens (tertiary/aromatic N) is 1. The Hall–Kier alpha value is -2.20. The molecule has 0 amide bonds. The maximum atomic E-state index is 11.9. The monoisotopic (exact) mass is 340 g/mol. The summed E-state index contributed by atoms with van der Waals surface area (Å²) < 4.78 is 1.01. The van der Waals surface area contributed by atoms with Crippen molar-refractivity contribution < 1.29 is 0 Å². The van der Waals surface area contributed by atoms with Gasteiger partial charge in [-0.05, 0) is 11.6 Å². The van der Waals surface area contributed by atoms with Gasteiger partial charge in [0.15, 0.2) is 0 Å². The van der Waals surface area contributed by atoms with Crippen molar-refractivity contribution in [3.63, 3.8) is 0 Å². The highest BCUT2D eigenvalue weighted by Gasteiger charge is 2.06. The van der Waals surface area contributed by atoms with E-state index < -0.39 is 0 Å². The highest BCUT2D eigenvalue weighted by Crippen LogP contribution is 2.19. The van der Waals surface area contributed by atoms with Crippen molar-refractivity contribution in [3.8, 4) is 11.3 Å². The molecule has 0 aliphatic heterocycles. The first-order chi connectivity index (χ1) is 10.2. The maximum absolute atomic E-state index is 11.9. The molecule has 3 nitrogen and oxygen atoms in total. The van der Waals surface area contributed by atoms with E-state index in [1.54, 1.807) is 0 Å². The molecule has 0 fully saturated rings. The molecule has 0 aliphatic carbocycles. The third-order valence-corrected chi connectivity index (χ3v) is 3.95. The minimum Gasteiger partial charge on any atom is -0.310 e. The lowest BCUT2D eigenvalue weighted by Gasteiger charge is -2.06. The Bertz CT molecular complexity index is 812. The van der Waals surface area contributed by atoms with E-state index in [2.05, 4.69) is 25.9 Å². The molecule has 1 heterocycles. The molecule has 3 aromatic rings. The predicted octanol–water partition coefficient (Wildman–Crippen LogP) is 3.79. The smallest absolute Gasteiger partial charge is 0.251 e. The van der Waals surface area contributed by atoms with Crippen LogP contribution in [-0.4, -0.2) is 9.97 Å². The molecule has 0 unspecified atom stereocenters. The van der Waals surface area contributed by atoms with Gasteiger partial charge in [0.25, 0.3) is 5.56 Å². The van der Waals surface area contributed by atoms with Crippen molar-refractivity contribution in [2.45, 2.75) is 6.42 Å². The van der Waals surface area contributed by atoms with Crippen LogP contribution in [0.5, 0.6) is 0 Å². The molecule has 104 valence electrons. The van der Waals surface area contributed by atoms with E-state index in [-0.39, 0.29) is 5.56 Å². The van der Waals surface area contributed by atoms with Crippen LogP contribution in [0.1, 0.15) is 11.4 Å². The van der Waals surface area contributed by atoms with E-state index in [0.29, 0.717) is 17.9 Å². The largest absolute Gasteiger partial charge is 0.310 e. The van der Waals surface area contributed by atoms with Crippen molar-refractivity contribution in [2.24, 2.45) is 0 Å². The van der Waals surface area contributed by atoms with Crippen LogP contribution in [-0.2, 0) is 6.42 Å². The van der Waals surface area contributed by atoms with Crippen molar-refractivity contribution >= 4 is 15.9 Å². The average Bonchev–Trinajstić information content (AvgIpc) is 2.50. The molecule has 0 radical (unpaired) electrons. The minimum atomic E-state index is -0.133. The lowest BCUT2D eigenvalue weighted by Crippen LogP contribution is -2.11. The first-order valence-corrected chi connectivity index (χ1v) is 7.41. The zero-order chi connectivity index (χ0) is 14.7. The molecule has 2 aromatic carbocycles. The van der Waals surface area contributed by atoms with Crippen LogP contribution in [0.15, 0.2) is 69.9 Å². The standard InChI is InChI=1S/C17H13BrN2O/c18-14-9-5-4-8-13(14)10-16-19-15(11-17(21)20-16)12-6-2-1-3-7-12/h1-9,11H,10H2,(H,19,20,21). The molecule has 0 bridgehead atoms. The zero-order valence-electron chi connectivity index (χ0n) is 11.2. The van der Waals surface area contributed by atoms with Crippen molar-refractivity contribution in [1.29, 1.82) is 0 Å². The van der Waals surface area contributed by atoms with Crippen LogP contribution in [0.25, 0.3) is 11.3 Å². The topological polar surface area (TPSA) is 45.8 Å². The first kappa shape index (κ1) is 13.8. The van der Waals surface area contributed by atoms with Crippen LogP contribution in [0, 0.1) is 0 Å². The molecular formula is C17H13BrN2O. The number of aromatic amines is 1. The second-order valence-electron chi connectivity index (χ2n) is 4.71. The quantitative estimate of drug-likeness (QED) is 0.788. The number of aromatic nitrogens is 2. The molecule has 0 spiro atoms. The molecule has 1 N–H and O–H groups in total. The fraction of sp³-hybridized carbons (Fsp3) is 0.0588. The molecule has 21 heavy (non-hydrogen) atoms. The molecule has 0 atom stereocenters. The summed E-state index contributed by atoms with van der Waals surface area (Å²) in [4.78, 5) is 19.2. The molecule has 3 rings (SSSR count). The van der Waals surface area contributed by atoms with Gasteiger partial charge >= 0.3 is 0 Å². The van der Waals surface area contributed by atoms with Gasteiger partial charge in [0, 0.05) is 22.5 Å². The summed E-state index contributed by atoms with van der Waals surface area (Å²) in [6, 6.07) is 19.2. The van der Waals surface area contributed by atoms with E-state index >= 15 is 0 Å². The van der Waals surface area contributed by atoms with Gasteiger partial charge in [-0.25, -0.2) is 4.98 Å². The second kappa shape index (κ2) is 6.06. The fourth-order valence-corrected chi connectivity index (χ4v) is 2.60. The number of nitrogens with one attached hydrogen (secondary N) is 1. The van der Waals surface area contributed by atoms with Gasteiger partial charge in [-0.15, -0.1) is 0 Å². The van der Waals surface area contributed by atoms with Gasteiger partial charge in [0.1, 0.15) is 5.82 Å². The summed E-state index contributed by atoms with van der Waals surface area (Å²) >= 11 is 3.52. The first-order valence-electron chi connectivity index (χ1n) is 6.61. The Morgan fingerprint density at radius 2 is 1.71 bits per heavy atom. The SMILES string of the molecule is O=c1cc(-c2ccccc2)nc(Cc2ccccc2Br)[nH]1. The second-order valence-corrected chi connectivity index (χ2v) is 5.57. The molecular weight excluding hydrogens is 328 g/mol. The maximum Gasteiger partial charge on any atom is 0.251 e. The zero-order valence-corrected chi connectivity index (χ0v) is 12.8. The van der Waals surface area contributed by atoms with E-state index in [1.807, 2.05) is 54.6 Å². The number of benzene rings is 2. The van der Waals surface area contributed by atoms with Crippen LogP contribution < -0.4 is 5.56 Å². The van der Waals surface area contributed by atoms with Gasteiger partial charge in [-0.1, -0.05) is 64.5 Å². The van der Waals surface area contributed by atoms with Gasteiger partial charge in [-0.2, -0.15) is 0 Å². The summed E-state index contributed by atoms with van der Waals surface area (Å²) in [5, 5.41) is 0. The molecule has 0 saturated heterocycles. The summed E-state index contributed by atoms with van der Waals surface area (Å²) in [6.45, 7) is 0. The molecule has 1 aromatic heterocycles. The minimum absolute atomic E-state index is 0.133. The van der Waals surface area contributed by atoms with E-state index in [1.165, 1.54) is 6.07 Å². The average molecular weight is 341 g/mol. The number of rotatable bonds is 3. The van der Waals surface area contributed by atoms with Gasteiger partial charge in [0.2, 0.25) is 0 Å². The lowest BCUT2D eigenvalue weighted by molar-refractivity contribution is 0.947. The van der Waals surface area contributed by atoms with Crippen LogP contribution in [0.2, 0.25) is 0 Å². The number of H-pyrrole nitrogens is 1. The normalized spacial score (nSPS) is 10.5. The molecule has 0 saturated carbocycles. The molecule has 4 heteroatoms. The Morgan fingerprint density at radius 1 is 1.00 bits per heavy atom. The van der Waals surface area contributed by atoms with Gasteiger partial charge in [-0.3, -0.25) is 4.79 Å². The Morgan fingerprint density at radius 3 is 2.48 bits per heavy atom. The number of hydrogen-bond donors (Lipinski definition) is 1. The highest BCUT2D eigenvalue weighted by atomic mass is 79.9. The fourth-order valence-electron chi connectivity index (χ4n) is 2.17. The van der Waals surface area contributed by atoms with Crippen LogP contribution in [0.3, 0.4) is 0 Å². The van der Waals surface area contributed by atoms with Crippen molar-refractivity contribution in [2.75, 3.05) is 0 Å². The van der Waals surface area contributed by atoms with Crippen LogP contribution >= 0.6 is 15.9 Å². The number of halogens is 1.